The van der Waals surface area contributed by atoms with Crippen molar-refractivity contribution in [1.82, 2.24) is 9.71 Å². The first-order valence-corrected chi connectivity index (χ1v) is 9.26. The minimum absolute atomic E-state index is 0.0324. The van der Waals surface area contributed by atoms with E-state index < -0.39 is 10.0 Å². The Balaban J connectivity index is 2.11. The van der Waals surface area contributed by atoms with E-state index in [1.54, 1.807) is 17.8 Å². The summed E-state index contributed by atoms with van der Waals surface area (Å²) < 4.78 is 27.5. The van der Waals surface area contributed by atoms with Crippen LogP contribution in [0.3, 0.4) is 0 Å². The number of thioether (sulfide) groups is 1. The monoisotopic (exact) mass is 303 g/mol. The lowest BCUT2D eigenvalue weighted by atomic mass is 9.96. The van der Waals surface area contributed by atoms with Gasteiger partial charge in [0.1, 0.15) is 0 Å². The van der Waals surface area contributed by atoms with Gasteiger partial charge >= 0.3 is 0 Å². The van der Waals surface area contributed by atoms with Gasteiger partial charge in [-0.2, -0.15) is 11.8 Å². The van der Waals surface area contributed by atoms with Crippen molar-refractivity contribution >= 4 is 21.8 Å². The lowest BCUT2D eigenvalue weighted by molar-refractivity contribution is 0.423. The molecule has 1 heterocycles. The number of rotatable bonds is 5. The quantitative estimate of drug-likeness (QED) is 0.768. The Bertz CT molecular complexity index is 513. The van der Waals surface area contributed by atoms with Crippen molar-refractivity contribution in [3.8, 4) is 0 Å². The SMILES string of the molecule is CSC1CCCCC1NS(=O)(=O)c1c[nH]c(CN)c1. The molecule has 1 aliphatic carbocycles. The molecule has 1 aliphatic rings. The fourth-order valence-electron chi connectivity index (χ4n) is 2.47. The molecule has 0 bridgehead atoms. The van der Waals surface area contributed by atoms with Gasteiger partial charge in [0.25, 0.3) is 0 Å². The van der Waals surface area contributed by atoms with Crippen molar-refractivity contribution in [3.05, 3.63) is 18.0 Å². The van der Waals surface area contributed by atoms with Gasteiger partial charge in [-0.15, -0.1) is 0 Å². The van der Waals surface area contributed by atoms with Gasteiger partial charge in [-0.3, -0.25) is 0 Å². The number of H-pyrrole nitrogens is 1. The molecule has 0 spiro atoms. The fourth-order valence-corrected chi connectivity index (χ4v) is 4.82. The van der Waals surface area contributed by atoms with E-state index in [4.69, 9.17) is 5.73 Å². The van der Waals surface area contributed by atoms with E-state index in [9.17, 15) is 8.42 Å². The number of aromatic amines is 1. The Morgan fingerprint density at radius 1 is 1.47 bits per heavy atom. The Morgan fingerprint density at radius 3 is 2.84 bits per heavy atom. The van der Waals surface area contributed by atoms with Crippen molar-refractivity contribution in [2.45, 2.75) is 48.4 Å². The highest BCUT2D eigenvalue weighted by atomic mass is 32.2. The van der Waals surface area contributed by atoms with Gasteiger partial charge in [0.15, 0.2) is 0 Å². The molecule has 2 rings (SSSR count). The third kappa shape index (κ3) is 3.53. The van der Waals surface area contributed by atoms with Crippen LogP contribution in [0, 0.1) is 0 Å². The van der Waals surface area contributed by atoms with Crippen LogP contribution in [-0.2, 0) is 16.6 Å². The van der Waals surface area contributed by atoms with E-state index >= 15 is 0 Å². The van der Waals surface area contributed by atoms with E-state index in [-0.39, 0.29) is 10.9 Å². The van der Waals surface area contributed by atoms with Crippen LogP contribution in [0.5, 0.6) is 0 Å². The normalized spacial score (nSPS) is 24.5. The molecule has 5 nitrogen and oxygen atoms in total. The van der Waals surface area contributed by atoms with Crippen molar-refractivity contribution in [2.75, 3.05) is 6.26 Å². The second-order valence-electron chi connectivity index (χ2n) is 4.85. The molecule has 1 aromatic heterocycles. The Kier molecular flexibility index (Phi) is 4.94. The first-order valence-electron chi connectivity index (χ1n) is 6.49. The molecular formula is C12H21N3O2S2. The molecule has 4 N–H and O–H groups in total. The van der Waals surface area contributed by atoms with Crippen molar-refractivity contribution in [2.24, 2.45) is 5.73 Å². The molecule has 2 unspecified atom stereocenters. The molecule has 0 amide bonds. The minimum atomic E-state index is -3.44. The number of sulfonamides is 1. The minimum Gasteiger partial charge on any atom is -0.363 e. The van der Waals surface area contributed by atoms with Crippen LogP contribution in [0.15, 0.2) is 17.2 Å². The summed E-state index contributed by atoms with van der Waals surface area (Å²) in [5.74, 6) is 0. The summed E-state index contributed by atoms with van der Waals surface area (Å²) in [6.07, 6.45) is 7.81. The molecule has 0 saturated heterocycles. The summed E-state index contributed by atoms with van der Waals surface area (Å²) in [6, 6.07) is 1.63. The maximum Gasteiger partial charge on any atom is 0.242 e. The van der Waals surface area contributed by atoms with E-state index in [1.807, 2.05) is 6.26 Å². The smallest absolute Gasteiger partial charge is 0.242 e. The maximum absolute atomic E-state index is 12.3. The zero-order valence-corrected chi connectivity index (χ0v) is 12.7. The number of nitrogens with one attached hydrogen (secondary N) is 2. The summed E-state index contributed by atoms with van der Waals surface area (Å²) in [5, 5.41) is 0.372. The topological polar surface area (TPSA) is 88.0 Å². The summed E-state index contributed by atoms with van der Waals surface area (Å²) in [6.45, 7) is 0.312. The average molecular weight is 303 g/mol. The van der Waals surface area contributed by atoms with Gasteiger partial charge in [-0.1, -0.05) is 12.8 Å². The summed E-state index contributed by atoms with van der Waals surface area (Å²) in [4.78, 5) is 3.15. The Morgan fingerprint density at radius 2 is 2.21 bits per heavy atom. The first-order chi connectivity index (χ1) is 9.06. The predicted octanol–water partition coefficient (Wildman–Crippen LogP) is 1.43. The van der Waals surface area contributed by atoms with Gasteiger partial charge in [-0.25, -0.2) is 13.1 Å². The maximum atomic E-state index is 12.3. The number of hydrogen-bond acceptors (Lipinski definition) is 4. The molecule has 19 heavy (non-hydrogen) atoms. The standard InChI is InChI=1S/C12H21N3O2S2/c1-18-12-5-3-2-4-11(12)15-19(16,17)10-6-9(7-13)14-8-10/h6,8,11-12,14-15H,2-5,7,13H2,1H3. The molecule has 1 fully saturated rings. The molecule has 0 aromatic carbocycles. The van der Waals surface area contributed by atoms with E-state index in [1.165, 1.54) is 12.6 Å². The lowest BCUT2D eigenvalue weighted by Gasteiger charge is -2.30. The van der Waals surface area contributed by atoms with Crippen LogP contribution >= 0.6 is 11.8 Å². The van der Waals surface area contributed by atoms with E-state index in [0.717, 1.165) is 25.0 Å². The Hall–Kier alpha value is -0.500. The van der Waals surface area contributed by atoms with Gasteiger partial charge < -0.3 is 10.7 Å². The zero-order chi connectivity index (χ0) is 13.9. The average Bonchev–Trinajstić information content (AvgIpc) is 2.88. The molecule has 108 valence electrons. The van der Waals surface area contributed by atoms with Crippen molar-refractivity contribution < 1.29 is 8.42 Å². The molecule has 0 aliphatic heterocycles. The molecular weight excluding hydrogens is 282 g/mol. The van der Waals surface area contributed by atoms with Crippen molar-refractivity contribution in [1.29, 1.82) is 0 Å². The largest absolute Gasteiger partial charge is 0.363 e. The lowest BCUT2D eigenvalue weighted by Crippen LogP contribution is -2.43. The number of hydrogen-bond donors (Lipinski definition) is 3. The van der Waals surface area contributed by atoms with Crippen LogP contribution in [0.25, 0.3) is 0 Å². The van der Waals surface area contributed by atoms with Gasteiger partial charge in [0, 0.05) is 29.7 Å². The second kappa shape index (κ2) is 6.30. The number of aromatic nitrogens is 1. The predicted molar refractivity (Wildman–Crippen MR) is 78.6 cm³/mol. The molecule has 2 atom stereocenters. The Labute approximate surface area is 118 Å². The molecule has 7 heteroatoms. The first kappa shape index (κ1) is 14.9. The van der Waals surface area contributed by atoms with E-state index in [0.29, 0.717) is 11.8 Å². The highest BCUT2D eigenvalue weighted by Gasteiger charge is 2.29. The number of nitrogens with two attached hydrogens (primary N) is 1. The van der Waals surface area contributed by atoms with Crippen LogP contribution < -0.4 is 10.5 Å². The molecule has 1 aromatic rings. The van der Waals surface area contributed by atoms with E-state index in [2.05, 4.69) is 9.71 Å². The zero-order valence-electron chi connectivity index (χ0n) is 11.1. The fraction of sp³-hybridized carbons (Fsp3) is 0.667. The van der Waals surface area contributed by atoms with Crippen LogP contribution in [0.2, 0.25) is 0 Å². The van der Waals surface area contributed by atoms with Crippen LogP contribution in [0.1, 0.15) is 31.4 Å². The highest BCUT2D eigenvalue weighted by molar-refractivity contribution is 7.99. The van der Waals surface area contributed by atoms with Gasteiger partial charge in [-0.05, 0) is 25.2 Å². The van der Waals surface area contributed by atoms with Gasteiger partial charge in [0.2, 0.25) is 10.0 Å². The summed E-state index contributed by atoms with van der Waals surface area (Å²) in [5.41, 5.74) is 6.21. The third-order valence-corrected chi connectivity index (χ3v) is 6.20. The third-order valence-electron chi connectivity index (χ3n) is 3.56. The molecule has 0 radical (unpaired) electrons. The van der Waals surface area contributed by atoms with Gasteiger partial charge in [0.05, 0.1) is 4.90 Å². The second-order valence-corrected chi connectivity index (χ2v) is 7.64. The van der Waals surface area contributed by atoms with Crippen molar-refractivity contribution in [3.63, 3.8) is 0 Å². The molecule has 1 saturated carbocycles. The van der Waals surface area contributed by atoms with Crippen LogP contribution in [0.4, 0.5) is 0 Å². The van der Waals surface area contributed by atoms with Crippen LogP contribution in [-0.4, -0.2) is 30.9 Å². The summed E-state index contributed by atoms with van der Waals surface area (Å²) in [7, 11) is -3.44. The highest BCUT2D eigenvalue weighted by Crippen LogP contribution is 2.28. The summed E-state index contributed by atoms with van der Waals surface area (Å²) >= 11 is 1.74.